The van der Waals surface area contributed by atoms with Crippen molar-refractivity contribution in [3.63, 3.8) is 0 Å². The van der Waals surface area contributed by atoms with Crippen molar-refractivity contribution in [1.29, 1.82) is 0 Å². The molecule has 3 rings (SSSR count). The van der Waals surface area contributed by atoms with Gasteiger partial charge in [0.05, 0.1) is 23.2 Å². The summed E-state index contributed by atoms with van der Waals surface area (Å²) in [5, 5.41) is 0.687. The molecule has 0 aliphatic rings. The summed E-state index contributed by atoms with van der Waals surface area (Å²) in [7, 11) is 0. The van der Waals surface area contributed by atoms with Gasteiger partial charge in [0.25, 0.3) is 0 Å². The Morgan fingerprint density at radius 1 is 1.05 bits per heavy atom. The highest BCUT2D eigenvalue weighted by Gasteiger charge is 2.31. The van der Waals surface area contributed by atoms with Crippen LogP contribution in [0.5, 0.6) is 0 Å². The Bertz CT molecular complexity index is 798. The summed E-state index contributed by atoms with van der Waals surface area (Å²) in [6, 6.07) is 13.5. The summed E-state index contributed by atoms with van der Waals surface area (Å²) in [4.78, 5) is 4.18. The average molecular weight is 313 g/mol. The highest BCUT2D eigenvalue weighted by Crippen LogP contribution is 2.36. The molecule has 3 aromatic rings. The Balaban J connectivity index is 2.26. The predicted octanol–water partition coefficient (Wildman–Crippen LogP) is 3.51. The number of nitrogen functional groups attached to an aromatic ring is 2. The Labute approximate surface area is 134 Å². The van der Waals surface area contributed by atoms with Crippen LogP contribution in [0.25, 0.3) is 0 Å². The van der Waals surface area contributed by atoms with E-state index in [1.165, 1.54) is 0 Å². The number of anilines is 2. The van der Waals surface area contributed by atoms with Crippen LogP contribution in [0.3, 0.4) is 0 Å². The summed E-state index contributed by atoms with van der Waals surface area (Å²) >= 11 is 6.19. The van der Waals surface area contributed by atoms with Crippen LogP contribution >= 0.6 is 11.6 Å². The zero-order valence-corrected chi connectivity index (χ0v) is 13.0. The number of halogens is 1. The summed E-state index contributed by atoms with van der Waals surface area (Å²) in [5.41, 5.74) is 14.6. The van der Waals surface area contributed by atoms with Gasteiger partial charge in [0, 0.05) is 17.4 Å². The predicted molar refractivity (Wildman–Crippen MR) is 90.8 cm³/mol. The Morgan fingerprint density at radius 3 is 2.45 bits per heavy atom. The molecule has 112 valence electrons. The molecule has 4 N–H and O–H groups in total. The smallest absolute Gasteiger partial charge is 0.0956 e. The van der Waals surface area contributed by atoms with E-state index >= 15 is 0 Å². The molecule has 0 spiro atoms. The lowest BCUT2D eigenvalue weighted by molar-refractivity contribution is 0.475. The fourth-order valence-electron chi connectivity index (χ4n) is 2.66. The minimum atomic E-state index is -0.483. The number of nitrogens with zero attached hydrogens (tertiary/aromatic N) is 2. The number of hydrogen-bond donors (Lipinski definition) is 2. The van der Waals surface area contributed by atoms with Gasteiger partial charge in [0.15, 0.2) is 0 Å². The summed E-state index contributed by atoms with van der Waals surface area (Å²) in [6.07, 6.45) is 5.46. The van der Waals surface area contributed by atoms with Crippen LogP contribution in [-0.2, 0) is 5.54 Å². The molecular formula is C17H17ClN4. The first kappa shape index (κ1) is 14.5. The first-order valence-corrected chi connectivity index (χ1v) is 7.29. The molecule has 2 aromatic carbocycles. The molecule has 1 heterocycles. The van der Waals surface area contributed by atoms with Gasteiger partial charge in [0.1, 0.15) is 0 Å². The van der Waals surface area contributed by atoms with E-state index < -0.39 is 5.54 Å². The maximum absolute atomic E-state index is 6.19. The van der Waals surface area contributed by atoms with Gasteiger partial charge in [-0.1, -0.05) is 29.8 Å². The fourth-order valence-corrected chi connectivity index (χ4v) is 2.85. The van der Waals surface area contributed by atoms with Crippen molar-refractivity contribution >= 4 is 23.0 Å². The molecule has 0 aliphatic heterocycles. The van der Waals surface area contributed by atoms with Gasteiger partial charge in [-0.3, -0.25) is 0 Å². The van der Waals surface area contributed by atoms with E-state index in [0.29, 0.717) is 16.4 Å². The van der Waals surface area contributed by atoms with E-state index in [2.05, 4.69) is 11.9 Å². The van der Waals surface area contributed by atoms with Gasteiger partial charge >= 0.3 is 0 Å². The van der Waals surface area contributed by atoms with Crippen molar-refractivity contribution in [2.24, 2.45) is 0 Å². The van der Waals surface area contributed by atoms with E-state index in [1.54, 1.807) is 12.5 Å². The molecule has 0 saturated carbocycles. The molecule has 0 saturated heterocycles. The van der Waals surface area contributed by atoms with Gasteiger partial charge in [-0.05, 0) is 42.3 Å². The number of nitrogens with two attached hydrogens (primary N) is 2. The second-order valence-electron chi connectivity index (χ2n) is 5.40. The van der Waals surface area contributed by atoms with E-state index in [4.69, 9.17) is 23.1 Å². The zero-order valence-electron chi connectivity index (χ0n) is 12.2. The Hall–Kier alpha value is -2.46. The molecule has 5 heteroatoms. The summed E-state index contributed by atoms with van der Waals surface area (Å²) < 4.78 is 2.03. The third-order valence-corrected chi connectivity index (χ3v) is 4.29. The lowest BCUT2D eigenvalue weighted by atomic mass is 9.84. The summed E-state index contributed by atoms with van der Waals surface area (Å²) in [5.74, 6) is 0. The number of rotatable bonds is 3. The lowest BCUT2D eigenvalue weighted by Gasteiger charge is -2.33. The normalized spacial score (nSPS) is 13.7. The van der Waals surface area contributed by atoms with Gasteiger partial charge in [-0.15, -0.1) is 0 Å². The SMILES string of the molecule is C[C@](c1cccc(Cl)c1)(c1ccc(N)c(N)c1)n1ccnc1. The minimum Gasteiger partial charge on any atom is -0.397 e. The maximum Gasteiger partial charge on any atom is 0.0956 e. The van der Waals surface area contributed by atoms with E-state index in [9.17, 15) is 0 Å². The Morgan fingerprint density at radius 2 is 1.82 bits per heavy atom. The molecule has 0 unspecified atom stereocenters. The van der Waals surface area contributed by atoms with Crippen LogP contribution in [0.2, 0.25) is 5.02 Å². The van der Waals surface area contributed by atoms with Crippen LogP contribution in [0.15, 0.2) is 61.2 Å². The third kappa shape index (κ3) is 2.31. The van der Waals surface area contributed by atoms with Crippen LogP contribution in [0.1, 0.15) is 18.1 Å². The molecule has 0 aliphatic carbocycles. The van der Waals surface area contributed by atoms with Gasteiger partial charge in [-0.2, -0.15) is 0 Å². The fraction of sp³-hybridized carbons (Fsp3) is 0.118. The summed E-state index contributed by atoms with van der Waals surface area (Å²) in [6.45, 7) is 2.10. The Kier molecular flexibility index (Phi) is 3.54. The minimum absolute atomic E-state index is 0.483. The van der Waals surface area contributed by atoms with Crippen LogP contribution in [-0.4, -0.2) is 9.55 Å². The van der Waals surface area contributed by atoms with Crippen LogP contribution in [0, 0.1) is 0 Å². The average Bonchev–Trinajstić information content (AvgIpc) is 3.04. The van der Waals surface area contributed by atoms with Crippen molar-refractivity contribution in [3.05, 3.63) is 77.3 Å². The second kappa shape index (κ2) is 5.39. The second-order valence-corrected chi connectivity index (χ2v) is 5.83. The lowest BCUT2D eigenvalue weighted by Crippen LogP contribution is -2.32. The van der Waals surface area contributed by atoms with Crippen molar-refractivity contribution < 1.29 is 0 Å². The first-order valence-electron chi connectivity index (χ1n) is 6.92. The molecule has 1 atom stereocenters. The third-order valence-electron chi connectivity index (χ3n) is 4.06. The number of hydrogen-bond acceptors (Lipinski definition) is 3. The first-order chi connectivity index (χ1) is 10.5. The molecule has 0 amide bonds. The monoisotopic (exact) mass is 312 g/mol. The van der Waals surface area contributed by atoms with Crippen LogP contribution < -0.4 is 11.5 Å². The van der Waals surface area contributed by atoms with Gasteiger partial charge in [-0.25, -0.2) is 4.98 Å². The molecule has 1 aromatic heterocycles. The topological polar surface area (TPSA) is 69.9 Å². The number of imidazole rings is 1. The maximum atomic E-state index is 6.19. The quantitative estimate of drug-likeness (QED) is 0.727. The van der Waals surface area contributed by atoms with Crippen molar-refractivity contribution in [3.8, 4) is 0 Å². The van der Waals surface area contributed by atoms with Crippen LogP contribution in [0.4, 0.5) is 11.4 Å². The molecule has 0 radical (unpaired) electrons. The van der Waals surface area contributed by atoms with Crippen molar-refractivity contribution in [2.45, 2.75) is 12.5 Å². The number of aromatic nitrogens is 2. The highest BCUT2D eigenvalue weighted by molar-refractivity contribution is 6.30. The zero-order chi connectivity index (χ0) is 15.7. The largest absolute Gasteiger partial charge is 0.397 e. The van der Waals surface area contributed by atoms with Gasteiger partial charge < -0.3 is 16.0 Å². The highest BCUT2D eigenvalue weighted by atomic mass is 35.5. The van der Waals surface area contributed by atoms with Gasteiger partial charge in [0.2, 0.25) is 0 Å². The molecule has 4 nitrogen and oxygen atoms in total. The van der Waals surface area contributed by atoms with E-state index in [0.717, 1.165) is 11.1 Å². The molecule has 0 bridgehead atoms. The van der Waals surface area contributed by atoms with Crippen molar-refractivity contribution in [2.75, 3.05) is 11.5 Å². The van der Waals surface area contributed by atoms with Crippen molar-refractivity contribution in [1.82, 2.24) is 9.55 Å². The van der Waals surface area contributed by atoms with E-state index in [-0.39, 0.29) is 0 Å². The standard InChI is InChI=1S/C17H17ClN4/c1-17(22-8-7-21-11-22,12-3-2-4-14(18)9-12)13-5-6-15(19)16(20)10-13/h2-11H,19-20H2,1H3/t17-/m0/s1. The molecular weight excluding hydrogens is 296 g/mol. The molecule has 22 heavy (non-hydrogen) atoms. The molecule has 0 fully saturated rings. The van der Waals surface area contributed by atoms with E-state index in [1.807, 2.05) is 53.2 Å². The number of benzene rings is 2.